The third-order valence-corrected chi connectivity index (χ3v) is 4.02. The van der Waals surface area contributed by atoms with Gasteiger partial charge in [-0.25, -0.2) is 0 Å². The van der Waals surface area contributed by atoms with Crippen LogP contribution in [0.25, 0.3) is 0 Å². The van der Waals surface area contributed by atoms with Crippen LogP contribution in [-0.2, 0) is 4.74 Å². The number of halogens is 1. The summed E-state index contributed by atoms with van der Waals surface area (Å²) in [5.74, 6) is 1.36. The van der Waals surface area contributed by atoms with Crippen LogP contribution < -0.4 is 9.47 Å². The lowest BCUT2D eigenvalue weighted by molar-refractivity contribution is -0.0104. The Hall–Kier alpha value is -1.25. The van der Waals surface area contributed by atoms with Crippen molar-refractivity contribution < 1.29 is 14.2 Å². The molecule has 2 unspecified atom stereocenters. The third kappa shape index (κ3) is 2.43. The van der Waals surface area contributed by atoms with Crippen LogP contribution >= 0.6 is 15.9 Å². The van der Waals surface area contributed by atoms with Gasteiger partial charge in [0.25, 0.3) is 0 Å². The van der Waals surface area contributed by atoms with Gasteiger partial charge < -0.3 is 14.2 Å². The summed E-state index contributed by atoms with van der Waals surface area (Å²) in [6, 6.07) is 6.24. The zero-order chi connectivity index (χ0) is 13.2. The molecule has 0 N–H and O–H groups in total. The molecule has 19 heavy (non-hydrogen) atoms. The fourth-order valence-electron chi connectivity index (χ4n) is 2.54. The lowest BCUT2D eigenvalue weighted by Crippen LogP contribution is -2.22. The summed E-state index contributed by atoms with van der Waals surface area (Å²) in [5.41, 5.74) is 0.974. The topological polar surface area (TPSA) is 51.5 Å². The molecule has 0 saturated carbocycles. The standard InChI is InChI=1S/C14H14BrNO3/c15-11-6-10(7-12-14(11)19-5-4-17-12)13-9(8-16)2-1-3-18-13/h6-7,9,13H,1-5H2. The highest BCUT2D eigenvalue weighted by molar-refractivity contribution is 9.10. The largest absolute Gasteiger partial charge is 0.486 e. The van der Waals surface area contributed by atoms with E-state index in [1.165, 1.54) is 0 Å². The third-order valence-electron chi connectivity index (χ3n) is 3.44. The van der Waals surface area contributed by atoms with E-state index in [1.54, 1.807) is 0 Å². The Morgan fingerprint density at radius 1 is 1.21 bits per heavy atom. The molecule has 2 atom stereocenters. The van der Waals surface area contributed by atoms with Crippen molar-refractivity contribution in [3.05, 3.63) is 22.2 Å². The molecule has 1 aromatic carbocycles. The molecular formula is C14H14BrNO3. The zero-order valence-electron chi connectivity index (χ0n) is 10.4. The average molecular weight is 324 g/mol. The molecule has 2 aliphatic rings. The SMILES string of the molecule is N#CC1CCCOC1c1cc(Br)c2c(c1)OCCO2. The van der Waals surface area contributed by atoms with Crippen LogP contribution in [0.15, 0.2) is 16.6 Å². The molecule has 5 heteroatoms. The second-order valence-electron chi connectivity index (χ2n) is 4.70. The molecule has 0 radical (unpaired) electrons. The van der Waals surface area contributed by atoms with Gasteiger partial charge >= 0.3 is 0 Å². The Labute approximate surface area is 120 Å². The Morgan fingerprint density at radius 2 is 2.05 bits per heavy atom. The number of benzene rings is 1. The summed E-state index contributed by atoms with van der Waals surface area (Å²) >= 11 is 3.50. The van der Waals surface area contributed by atoms with Gasteiger partial charge in [-0.3, -0.25) is 0 Å². The van der Waals surface area contributed by atoms with E-state index in [9.17, 15) is 5.26 Å². The number of hydrogen-bond donors (Lipinski definition) is 0. The van der Waals surface area contributed by atoms with Crippen molar-refractivity contribution in [3.63, 3.8) is 0 Å². The normalized spacial score (nSPS) is 25.7. The van der Waals surface area contributed by atoms with E-state index < -0.39 is 0 Å². The molecule has 0 spiro atoms. The molecule has 100 valence electrons. The first-order chi connectivity index (χ1) is 9.29. The predicted octanol–water partition coefficient (Wildman–Crippen LogP) is 3.21. The van der Waals surface area contributed by atoms with Gasteiger partial charge in [-0.1, -0.05) is 0 Å². The second-order valence-corrected chi connectivity index (χ2v) is 5.55. The van der Waals surface area contributed by atoms with Crippen molar-refractivity contribution in [2.45, 2.75) is 18.9 Å². The number of fused-ring (bicyclic) bond motifs is 1. The first kappa shape index (κ1) is 12.8. The Bertz CT molecular complexity index is 526. The van der Waals surface area contributed by atoms with E-state index in [0.717, 1.165) is 34.4 Å². The molecule has 1 aromatic rings. The Kier molecular flexibility index (Phi) is 3.63. The maximum absolute atomic E-state index is 9.23. The van der Waals surface area contributed by atoms with Crippen molar-refractivity contribution >= 4 is 15.9 Å². The number of ether oxygens (including phenoxy) is 3. The molecular weight excluding hydrogens is 310 g/mol. The summed E-state index contributed by atoms with van der Waals surface area (Å²) in [7, 11) is 0. The lowest BCUT2D eigenvalue weighted by atomic mass is 9.90. The lowest BCUT2D eigenvalue weighted by Gasteiger charge is -2.29. The maximum atomic E-state index is 9.23. The van der Waals surface area contributed by atoms with Crippen LogP contribution in [-0.4, -0.2) is 19.8 Å². The number of nitrogens with zero attached hydrogens (tertiary/aromatic N) is 1. The van der Waals surface area contributed by atoms with Gasteiger partial charge in [0.2, 0.25) is 0 Å². The fraction of sp³-hybridized carbons (Fsp3) is 0.500. The van der Waals surface area contributed by atoms with Crippen LogP contribution in [0.2, 0.25) is 0 Å². The molecule has 0 bridgehead atoms. The molecule has 0 aromatic heterocycles. The number of hydrogen-bond acceptors (Lipinski definition) is 4. The summed E-state index contributed by atoms with van der Waals surface area (Å²) in [6.45, 7) is 1.82. The second kappa shape index (κ2) is 5.40. The van der Waals surface area contributed by atoms with Crippen molar-refractivity contribution in [1.82, 2.24) is 0 Å². The van der Waals surface area contributed by atoms with Crippen LogP contribution in [0.5, 0.6) is 11.5 Å². The van der Waals surface area contributed by atoms with Gasteiger partial charge in [0.15, 0.2) is 11.5 Å². The summed E-state index contributed by atoms with van der Waals surface area (Å²) in [6.07, 6.45) is 1.65. The molecule has 3 rings (SSSR count). The zero-order valence-corrected chi connectivity index (χ0v) is 12.0. The average Bonchev–Trinajstić information content (AvgIpc) is 2.47. The summed E-state index contributed by atoms with van der Waals surface area (Å²) < 4.78 is 17.8. The quantitative estimate of drug-likeness (QED) is 0.796. The smallest absolute Gasteiger partial charge is 0.175 e. The minimum Gasteiger partial charge on any atom is -0.486 e. The first-order valence-corrected chi connectivity index (χ1v) is 7.19. The van der Waals surface area contributed by atoms with Crippen molar-refractivity contribution in [2.75, 3.05) is 19.8 Å². The van der Waals surface area contributed by atoms with Crippen molar-refractivity contribution in [1.29, 1.82) is 5.26 Å². The minimum absolute atomic E-state index is 0.0943. The van der Waals surface area contributed by atoms with Crippen LogP contribution in [0.3, 0.4) is 0 Å². The van der Waals surface area contributed by atoms with Crippen LogP contribution in [0.4, 0.5) is 0 Å². The monoisotopic (exact) mass is 323 g/mol. The fourth-order valence-corrected chi connectivity index (χ4v) is 3.11. The van der Waals surface area contributed by atoms with E-state index in [4.69, 9.17) is 14.2 Å². The van der Waals surface area contributed by atoms with Crippen molar-refractivity contribution in [3.8, 4) is 17.6 Å². The summed E-state index contributed by atoms with van der Waals surface area (Å²) in [5, 5.41) is 9.23. The van der Waals surface area contributed by atoms with E-state index >= 15 is 0 Å². The summed E-state index contributed by atoms with van der Waals surface area (Å²) in [4.78, 5) is 0. The Balaban J connectivity index is 1.96. The number of rotatable bonds is 1. The maximum Gasteiger partial charge on any atom is 0.175 e. The van der Waals surface area contributed by atoms with E-state index in [1.807, 2.05) is 12.1 Å². The highest BCUT2D eigenvalue weighted by atomic mass is 79.9. The van der Waals surface area contributed by atoms with Gasteiger partial charge in [-0.15, -0.1) is 0 Å². The number of nitriles is 1. The molecule has 2 aliphatic heterocycles. The van der Waals surface area contributed by atoms with Gasteiger partial charge in [0.1, 0.15) is 13.2 Å². The minimum atomic E-state index is -0.175. The van der Waals surface area contributed by atoms with E-state index in [-0.39, 0.29) is 12.0 Å². The van der Waals surface area contributed by atoms with Gasteiger partial charge in [-0.05, 0) is 46.5 Å². The van der Waals surface area contributed by atoms with E-state index in [2.05, 4.69) is 22.0 Å². The molecule has 2 heterocycles. The molecule has 1 saturated heterocycles. The first-order valence-electron chi connectivity index (χ1n) is 6.40. The highest BCUT2D eigenvalue weighted by Crippen LogP contribution is 2.43. The molecule has 0 amide bonds. The molecule has 1 fully saturated rings. The van der Waals surface area contributed by atoms with Crippen molar-refractivity contribution in [2.24, 2.45) is 5.92 Å². The molecule has 4 nitrogen and oxygen atoms in total. The van der Waals surface area contributed by atoms with Crippen LogP contribution in [0, 0.1) is 17.2 Å². The predicted molar refractivity (Wildman–Crippen MR) is 72.2 cm³/mol. The van der Waals surface area contributed by atoms with E-state index in [0.29, 0.717) is 19.8 Å². The highest BCUT2D eigenvalue weighted by Gasteiger charge is 2.29. The van der Waals surface area contributed by atoms with Crippen LogP contribution in [0.1, 0.15) is 24.5 Å². The van der Waals surface area contributed by atoms with Gasteiger partial charge in [0.05, 0.1) is 22.6 Å². The molecule has 0 aliphatic carbocycles. The van der Waals surface area contributed by atoms with Gasteiger partial charge in [-0.2, -0.15) is 5.26 Å². The Morgan fingerprint density at radius 3 is 2.89 bits per heavy atom. The van der Waals surface area contributed by atoms with Gasteiger partial charge in [0, 0.05) is 6.61 Å².